The summed E-state index contributed by atoms with van der Waals surface area (Å²) >= 11 is 0. The zero-order valence-corrected chi connectivity index (χ0v) is 8.08. The van der Waals surface area contributed by atoms with E-state index in [0.29, 0.717) is 11.8 Å². The summed E-state index contributed by atoms with van der Waals surface area (Å²) in [5.74, 6) is 1.20. The molecule has 0 radical (unpaired) electrons. The van der Waals surface area contributed by atoms with Gasteiger partial charge in [0.2, 0.25) is 0 Å². The van der Waals surface area contributed by atoms with E-state index in [2.05, 4.69) is 24.9 Å². The maximum atomic E-state index is 4.99. The minimum absolute atomic E-state index is 0.580. The first-order valence-electron chi connectivity index (χ1n) is 4.48. The minimum Gasteiger partial charge on any atom is -0.384 e. The molecule has 2 unspecified atom stereocenters. The van der Waals surface area contributed by atoms with Crippen LogP contribution >= 0.6 is 0 Å². The summed E-state index contributed by atoms with van der Waals surface area (Å²) in [5.41, 5.74) is 1.17. The highest BCUT2D eigenvalue weighted by atomic mass is 16.5. The van der Waals surface area contributed by atoms with Gasteiger partial charge in [0.25, 0.3) is 0 Å². The zero-order valence-electron chi connectivity index (χ0n) is 8.08. The normalized spacial score (nSPS) is 28.8. The van der Waals surface area contributed by atoms with Crippen LogP contribution in [0.2, 0.25) is 0 Å². The molecule has 2 heteroatoms. The maximum Gasteiger partial charge on any atom is 0.0517 e. The van der Waals surface area contributed by atoms with Gasteiger partial charge in [-0.05, 0) is 11.8 Å². The third-order valence-corrected chi connectivity index (χ3v) is 2.32. The van der Waals surface area contributed by atoms with E-state index in [1.807, 2.05) is 6.21 Å². The first kappa shape index (κ1) is 9.46. The second-order valence-electron chi connectivity index (χ2n) is 3.40. The lowest BCUT2D eigenvalue weighted by molar-refractivity contribution is 0.201. The van der Waals surface area contributed by atoms with Crippen LogP contribution in [0.1, 0.15) is 20.3 Å². The van der Waals surface area contributed by atoms with E-state index in [0.717, 1.165) is 13.0 Å². The fourth-order valence-corrected chi connectivity index (χ4v) is 1.20. The molecule has 0 fully saturated rings. The minimum atomic E-state index is 0.580. The smallest absolute Gasteiger partial charge is 0.0517 e. The van der Waals surface area contributed by atoms with Crippen molar-refractivity contribution >= 4 is 6.21 Å². The predicted octanol–water partition coefficient (Wildman–Crippen LogP) is 2.26. The van der Waals surface area contributed by atoms with Crippen molar-refractivity contribution in [3.63, 3.8) is 0 Å². The molecule has 12 heavy (non-hydrogen) atoms. The lowest BCUT2D eigenvalue weighted by atomic mass is 9.93. The molecule has 68 valence electrons. The quantitative estimate of drug-likeness (QED) is 0.632. The third kappa shape index (κ3) is 2.45. The standard InChI is InChI=1S/C10H17NO/c1-8-6-10(4-5-12-3)11-7-9(8)2/h6-9H,4-5H2,1-3H3. The van der Waals surface area contributed by atoms with Gasteiger partial charge in [0.1, 0.15) is 0 Å². The van der Waals surface area contributed by atoms with Crippen molar-refractivity contribution in [1.29, 1.82) is 0 Å². The summed E-state index contributed by atoms with van der Waals surface area (Å²) in [6.45, 7) is 5.19. The van der Waals surface area contributed by atoms with Gasteiger partial charge in [-0.25, -0.2) is 0 Å². The number of allylic oxidation sites excluding steroid dienone is 1. The first-order chi connectivity index (χ1) is 5.74. The summed E-state index contributed by atoms with van der Waals surface area (Å²) in [7, 11) is 1.72. The van der Waals surface area contributed by atoms with E-state index in [1.54, 1.807) is 7.11 Å². The van der Waals surface area contributed by atoms with Gasteiger partial charge in [-0.15, -0.1) is 0 Å². The molecule has 0 saturated carbocycles. The number of aliphatic imine (C=N–C) groups is 1. The van der Waals surface area contributed by atoms with Gasteiger partial charge in [-0.2, -0.15) is 0 Å². The molecule has 0 amide bonds. The third-order valence-electron chi connectivity index (χ3n) is 2.32. The molecular weight excluding hydrogens is 150 g/mol. The summed E-state index contributed by atoms with van der Waals surface area (Å²) in [5, 5.41) is 0. The van der Waals surface area contributed by atoms with Crippen LogP contribution in [0, 0.1) is 11.8 Å². The summed E-state index contributed by atoms with van der Waals surface area (Å²) in [6.07, 6.45) is 5.21. The molecule has 1 heterocycles. The molecule has 1 aliphatic heterocycles. The van der Waals surface area contributed by atoms with Gasteiger partial charge in [0.05, 0.1) is 6.61 Å². The highest BCUT2D eigenvalue weighted by Crippen LogP contribution is 2.20. The number of hydrogen-bond donors (Lipinski definition) is 0. The Bertz CT molecular complexity index is 196. The van der Waals surface area contributed by atoms with Crippen LogP contribution in [0.5, 0.6) is 0 Å². The Morgan fingerprint density at radius 2 is 2.17 bits per heavy atom. The number of nitrogens with zero attached hydrogens (tertiary/aromatic N) is 1. The molecular formula is C10H17NO. The molecule has 0 aromatic carbocycles. The summed E-state index contributed by atoms with van der Waals surface area (Å²) < 4.78 is 4.99. The van der Waals surface area contributed by atoms with E-state index >= 15 is 0 Å². The molecule has 0 N–H and O–H groups in total. The van der Waals surface area contributed by atoms with Crippen LogP contribution < -0.4 is 0 Å². The molecule has 0 aliphatic carbocycles. The molecule has 2 atom stereocenters. The highest BCUT2D eigenvalue weighted by Gasteiger charge is 2.12. The molecule has 1 aliphatic rings. The second kappa shape index (κ2) is 4.41. The van der Waals surface area contributed by atoms with E-state index < -0.39 is 0 Å². The molecule has 0 spiro atoms. The fourth-order valence-electron chi connectivity index (χ4n) is 1.20. The van der Waals surface area contributed by atoms with Crippen molar-refractivity contribution in [3.8, 4) is 0 Å². The highest BCUT2D eigenvalue weighted by molar-refractivity contribution is 5.64. The summed E-state index contributed by atoms with van der Waals surface area (Å²) in [6, 6.07) is 0. The topological polar surface area (TPSA) is 21.6 Å². The molecule has 2 nitrogen and oxygen atoms in total. The van der Waals surface area contributed by atoms with Crippen molar-refractivity contribution in [2.24, 2.45) is 16.8 Å². The molecule has 1 rings (SSSR count). The average molecular weight is 167 g/mol. The Labute approximate surface area is 74.3 Å². The van der Waals surface area contributed by atoms with Crippen LogP contribution in [0.4, 0.5) is 0 Å². The van der Waals surface area contributed by atoms with Crippen LogP contribution in [0.15, 0.2) is 16.8 Å². The van der Waals surface area contributed by atoms with Crippen molar-refractivity contribution in [2.45, 2.75) is 20.3 Å². The number of rotatable bonds is 3. The monoisotopic (exact) mass is 167 g/mol. The Morgan fingerprint density at radius 3 is 2.75 bits per heavy atom. The van der Waals surface area contributed by atoms with E-state index in [4.69, 9.17) is 4.74 Å². The van der Waals surface area contributed by atoms with Crippen LogP contribution in [-0.4, -0.2) is 19.9 Å². The van der Waals surface area contributed by atoms with Crippen molar-refractivity contribution in [1.82, 2.24) is 0 Å². The number of methoxy groups -OCH3 is 1. The Hall–Kier alpha value is -0.630. The molecule has 0 bridgehead atoms. The van der Waals surface area contributed by atoms with Gasteiger partial charge in [-0.3, -0.25) is 4.99 Å². The van der Waals surface area contributed by atoms with Gasteiger partial charge >= 0.3 is 0 Å². The second-order valence-corrected chi connectivity index (χ2v) is 3.40. The average Bonchev–Trinajstić information content (AvgIpc) is 2.07. The van der Waals surface area contributed by atoms with Crippen molar-refractivity contribution in [2.75, 3.05) is 13.7 Å². The van der Waals surface area contributed by atoms with Crippen LogP contribution in [0.25, 0.3) is 0 Å². The van der Waals surface area contributed by atoms with E-state index in [9.17, 15) is 0 Å². The lowest BCUT2D eigenvalue weighted by Gasteiger charge is -2.17. The van der Waals surface area contributed by atoms with E-state index in [1.165, 1.54) is 5.70 Å². The molecule has 0 saturated heterocycles. The fraction of sp³-hybridized carbons (Fsp3) is 0.700. The summed E-state index contributed by atoms with van der Waals surface area (Å²) in [4.78, 5) is 4.35. The Balaban J connectivity index is 2.46. The lowest BCUT2D eigenvalue weighted by Crippen LogP contribution is -2.11. The molecule has 0 aromatic heterocycles. The Morgan fingerprint density at radius 1 is 1.42 bits per heavy atom. The van der Waals surface area contributed by atoms with Crippen LogP contribution in [-0.2, 0) is 4.74 Å². The van der Waals surface area contributed by atoms with Crippen LogP contribution in [0.3, 0.4) is 0 Å². The maximum absolute atomic E-state index is 4.99. The van der Waals surface area contributed by atoms with Crippen molar-refractivity contribution < 1.29 is 4.74 Å². The zero-order chi connectivity index (χ0) is 8.97. The van der Waals surface area contributed by atoms with Gasteiger partial charge in [-0.1, -0.05) is 19.9 Å². The first-order valence-corrected chi connectivity index (χ1v) is 4.48. The van der Waals surface area contributed by atoms with Gasteiger partial charge < -0.3 is 4.74 Å². The molecule has 0 aromatic rings. The SMILES string of the molecule is COCCC1=CC(C)C(C)C=N1. The number of hydrogen-bond acceptors (Lipinski definition) is 2. The van der Waals surface area contributed by atoms with E-state index in [-0.39, 0.29) is 0 Å². The van der Waals surface area contributed by atoms with Gasteiger partial charge in [0.15, 0.2) is 0 Å². The Kier molecular flexibility index (Phi) is 3.48. The number of ether oxygens (including phenoxy) is 1. The van der Waals surface area contributed by atoms with Gasteiger partial charge in [0, 0.05) is 25.4 Å². The largest absolute Gasteiger partial charge is 0.384 e. The van der Waals surface area contributed by atoms with Crippen molar-refractivity contribution in [3.05, 3.63) is 11.8 Å². The predicted molar refractivity (Wildman–Crippen MR) is 51.4 cm³/mol.